The minimum absolute atomic E-state index is 0.0624. The van der Waals surface area contributed by atoms with Crippen molar-refractivity contribution >= 4 is 11.7 Å². The Kier molecular flexibility index (Phi) is 4.27. The zero-order valence-corrected chi connectivity index (χ0v) is 11.3. The Balaban J connectivity index is 2.30. The second-order valence-corrected chi connectivity index (χ2v) is 4.89. The van der Waals surface area contributed by atoms with Crippen molar-refractivity contribution in [3.63, 3.8) is 0 Å². The maximum Gasteiger partial charge on any atom is 0.327 e. The highest BCUT2D eigenvalue weighted by Gasteiger charge is 2.30. The summed E-state index contributed by atoms with van der Waals surface area (Å²) in [4.78, 5) is 13.2. The third kappa shape index (κ3) is 3.17. The first-order chi connectivity index (χ1) is 9.09. The lowest BCUT2D eigenvalue weighted by Crippen LogP contribution is -2.55. The zero-order valence-electron chi connectivity index (χ0n) is 11.3. The van der Waals surface area contributed by atoms with Gasteiger partial charge in [0.05, 0.1) is 11.8 Å². The summed E-state index contributed by atoms with van der Waals surface area (Å²) >= 11 is 0. The first-order valence-electron chi connectivity index (χ1n) is 6.55. The molecule has 0 radical (unpaired) electrons. The zero-order chi connectivity index (χ0) is 13.8. The summed E-state index contributed by atoms with van der Waals surface area (Å²) in [5, 5.41) is 12.4. The second-order valence-electron chi connectivity index (χ2n) is 4.89. The molecule has 104 valence electrons. The predicted octanol–water partition coefficient (Wildman–Crippen LogP) is 1.34. The highest BCUT2D eigenvalue weighted by Crippen LogP contribution is 2.30. The van der Waals surface area contributed by atoms with E-state index < -0.39 is 12.0 Å². The summed E-state index contributed by atoms with van der Waals surface area (Å²) < 4.78 is 5.77. The van der Waals surface area contributed by atoms with E-state index in [1.54, 1.807) is 0 Å². The van der Waals surface area contributed by atoms with Gasteiger partial charge in [-0.2, -0.15) is 0 Å². The van der Waals surface area contributed by atoms with E-state index in [0.29, 0.717) is 13.1 Å². The van der Waals surface area contributed by atoms with Crippen LogP contribution < -0.4 is 15.0 Å². The van der Waals surface area contributed by atoms with Gasteiger partial charge < -0.3 is 20.1 Å². The van der Waals surface area contributed by atoms with E-state index in [2.05, 4.69) is 5.32 Å². The van der Waals surface area contributed by atoms with Crippen LogP contribution in [0, 0.1) is 0 Å². The molecule has 1 aliphatic rings. The minimum Gasteiger partial charge on any atom is -0.489 e. The van der Waals surface area contributed by atoms with Gasteiger partial charge in [-0.15, -0.1) is 0 Å². The van der Waals surface area contributed by atoms with Gasteiger partial charge in [-0.25, -0.2) is 4.79 Å². The van der Waals surface area contributed by atoms with E-state index in [4.69, 9.17) is 4.74 Å². The van der Waals surface area contributed by atoms with Gasteiger partial charge in [0.2, 0.25) is 0 Å². The molecule has 0 aliphatic carbocycles. The number of hydrogen-bond donors (Lipinski definition) is 2. The fourth-order valence-electron chi connectivity index (χ4n) is 2.26. The lowest BCUT2D eigenvalue weighted by atomic mass is 10.1. The van der Waals surface area contributed by atoms with Gasteiger partial charge in [-0.05, 0) is 26.0 Å². The minimum atomic E-state index is -0.813. The summed E-state index contributed by atoms with van der Waals surface area (Å²) in [6.07, 6.45) is 0.0624. The number of para-hydroxylation sites is 2. The van der Waals surface area contributed by atoms with E-state index in [0.717, 1.165) is 18.0 Å². The monoisotopic (exact) mass is 264 g/mol. The van der Waals surface area contributed by atoms with Crippen LogP contribution in [0.3, 0.4) is 0 Å². The molecule has 1 atom stereocenters. The van der Waals surface area contributed by atoms with Gasteiger partial charge in [0.25, 0.3) is 0 Å². The summed E-state index contributed by atoms with van der Waals surface area (Å²) in [5.41, 5.74) is 0.852. The van der Waals surface area contributed by atoms with E-state index in [-0.39, 0.29) is 6.10 Å². The van der Waals surface area contributed by atoms with Gasteiger partial charge in [0.1, 0.15) is 11.8 Å². The molecule has 1 heterocycles. The molecule has 5 heteroatoms. The Morgan fingerprint density at radius 1 is 1.47 bits per heavy atom. The number of anilines is 1. The van der Waals surface area contributed by atoms with E-state index >= 15 is 0 Å². The van der Waals surface area contributed by atoms with Crippen molar-refractivity contribution in [1.29, 1.82) is 0 Å². The number of aliphatic carboxylic acids is 1. The second kappa shape index (κ2) is 5.93. The van der Waals surface area contributed by atoms with Crippen LogP contribution >= 0.6 is 0 Å². The molecule has 19 heavy (non-hydrogen) atoms. The Morgan fingerprint density at radius 2 is 2.21 bits per heavy atom. The fraction of sp³-hybridized carbons (Fsp3) is 0.500. The lowest BCUT2D eigenvalue weighted by Gasteiger charge is -2.36. The molecular formula is C14H20N2O3. The van der Waals surface area contributed by atoms with Crippen molar-refractivity contribution in [3.05, 3.63) is 24.3 Å². The lowest BCUT2D eigenvalue weighted by molar-refractivity contribution is -0.138. The largest absolute Gasteiger partial charge is 0.489 e. The van der Waals surface area contributed by atoms with Crippen molar-refractivity contribution in [1.82, 2.24) is 5.32 Å². The number of carbonyl (C=O) groups is 1. The molecule has 2 rings (SSSR count). The molecular weight excluding hydrogens is 244 g/mol. The maximum atomic E-state index is 11.3. The van der Waals surface area contributed by atoms with Gasteiger partial charge in [-0.3, -0.25) is 0 Å². The smallest absolute Gasteiger partial charge is 0.327 e. The molecule has 0 bridgehead atoms. The van der Waals surface area contributed by atoms with Crippen LogP contribution in [0.25, 0.3) is 0 Å². The molecule has 5 nitrogen and oxygen atoms in total. The summed E-state index contributed by atoms with van der Waals surface area (Å²) in [6.45, 7) is 5.81. The SMILES string of the molecule is CC(C)Oc1ccccc1N1CCNCC1C(=O)O. The Labute approximate surface area is 113 Å². The molecule has 1 saturated heterocycles. The van der Waals surface area contributed by atoms with Crippen molar-refractivity contribution in [2.24, 2.45) is 0 Å². The molecule has 1 unspecified atom stereocenters. The van der Waals surface area contributed by atoms with Crippen LogP contribution in [0.5, 0.6) is 5.75 Å². The van der Waals surface area contributed by atoms with E-state index in [9.17, 15) is 9.90 Å². The molecule has 2 N–H and O–H groups in total. The molecule has 0 aromatic heterocycles. The Morgan fingerprint density at radius 3 is 2.89 bits per heavy atom. The van der Waals surface area contributed by atoms with Gasteiger partial charge in [0.15, 0.2) is 0 Å². The van der Waals surface area contributed by atoms with Crippen LogP contribution in [0.4, 0.5) is 5.69 Å². The topological polar surface area (TPSA) is 61.8 Å². The molecule has 0 amide bonds. The van der Waals surface area contributed by atoms with Crippen LogP contribution in [0.15, 0.2) is 24.3 Å². The Hall–Kier alpha value is -1.75. The molecule has 1 aliphatic heterocycles. The van der Waals surface area contributed by atoms with Gasteiger partial charge in [-0.1, -0.05) is 12.1 Å². The number of piperazine rings is 1. The standard InChI is InChI=1S/C14H20N2O3/c1-10(2)19-13-6-4-3-5-11(13)16-8-7-15-9-12(16)14(17)18/h3-6,10,12,15H,7-9H2,1-2H3,(H,17,18). The van der Waals surface area contributed by atoms with Crippen molar-refractivity contribution in [2.45, 2.75) is 26.0 Å². The number of nitrogens with zero attached hydrogens (tertiary/aromatic N) is 1. The third-order valence-electron chi connectivity index (χ3n) is 3.07. The number of rotatable bonds is 4. The van der Waals surface area contributed by atoms with Gasteiger partial charge in [0, 0.05) is 19.6 Å². The molecule has 0 spiro atoms. The van der Waals surface area contributed by atoms with Crippen molar-refractivity contribution in [2.75, 3.05) is 24.5 Å². The number of carboxylic acids is 1. The highest BCUT2D eigenvalue weighted by molar-refractivity contribution is 5.80. The average Bonchev–Trinajstić information content (AvgIpc) is 2.38. The quantitative estimate of drug-likeness (QED) is 0.859. The summed E-state index contributed by atoms with van der Waals surface area (Å²) in [7, 11) is 0. The third-order valence-corrected chi connectivity index (χ3v) is 3.07. The molecule has 1 aromatic rings. The molecule has 1 aromatic carbocycles. The van der Waals surface area contributed by atoms with Crippen LogP contribution in [-0.4, -0.2) is 42.9 Å². The first-order valence-corrected chi connectivity index (χ1v) is 6.55. The molecule has 0 saturated carbocycles. The van der Waals surface area contributed by atoms with Gasteiger partial charge >= 0.3 is 5.97 Å². The summed E-state index contributed by atoms with van der Waals surface area (Å²) in [6, 6.07) is 7.06. The van der Waals surface area contributed by atoms with Crippen LogP contribution in [0.2, 0.25) is 0 Å². The molecule has 1 fully saturated rings. The maximum absolute atomic E-state index is 11.3. The van der Waals surface area contributed by atoms with Crippen LogP contribution in [-0.2, 0) is 4.79 Å². The van der Waals surface area contributed by atoms with Crippen LogP contribution in [0.1, 0.15) is 13.8 Å². The van der Waals surface area contributed by atoms with E-state index in [1.807, 2.05) is 43.0 Å². The first kappa shape index (κ1) is 13.7. The highest BCUT2D eigenvalue weighted by atomic mass is 16.5. The number of nitrogens with one attached hydrogen (secondary N) is 1. The number of benzene rings is 1. The summed E-state index contributed by atoms with van der Waals surface area (Å²) in [5.74, 6) is -0.0720. The fourth-order valence-corrected chi connectivity index (χ4v) is 2.26. The number of ether oxygens (including phenoxy) is 1. The van der Waals surface area contributed by atoms with E-state index in [1.165, 1.54) is 0 Å². The average molecular weight is 264 g/mol. The van der Waals surface area contributed by atoms with Crippen molar-refractivity contribution < 1.29 is 14.6 Å². The van der Waals surface area contributed by atoms with Crippen molar-refractivity contribution in [3.8, 4) is 5.75 Å². The number of hydrogen-bond acceptors (Lipinski definition) is 4. The number of carboxylic acid groups (broad SMARTS) is 1. The Bertz CT molecular complexity index is 448. The predicted molar refractivity (Wildman–Crippen MR) is 73.8 cm³/mol. The normalized spacial score (nSPS) is 19.5.